The molecular weight excluding hydrogens is 230 g/mol. The Morgan fingerprint density at radius 1 is 1.56 bits per heavy atom. The van der Waals surface area contributed by atoms with E-state index in [9.17, 15) is 0 Å². The van der Waals surface area contributed by atoms with Gasteiger partial charge >= 0.3 is 0 Å². The number of aromatic nitrogens is 3. The molecule has 0 radical (unpaired) electrons. The third-order valence-corrected chi connectivity index (χ3v) is 2.15. The number of rotatable bonds is 3. The van der Waals surface area contributed by atoms with Crippen molar-refractivity contribution >= 4 is 23.4 Å². The Kier molecular flexibility index (Phi) is 2.91. The van der Waals surface area contributed by atoms with Crippen molar-refractivity contribution in [1.82, 2.24) is 15.1 Å². The Labute approximate surface area is 96.8 Å². The highest BCUT2D eigenvalue weighted by Gasteiger charge is 2.05. The van der Waals surface area contributed by atoms with Crippen molar-refractivity contribution in [3.8, 4) is 0 Å². The van der Waals surface area contributed by atoms with Crippen molar-refractivity contribution in [1.29, 1.82) is 0 Å². The number of hydrogen-bond acceptors (Lipinski definition) is 6. The molecule has 0 saturated heterocycles. The van der Waals surface area contributed by atoms with Crippen LogP contribution < -0.4 is 11.1 Å². The lowest BCUT2D eigenvalue weighted by molar-refractivity contribution is 0.384. The van der Waals surface area contributed by atoms with Gasteiger partial charge in [0.2, 0.25) is 5.95 Å². The Bertz CT molecular complexity index is 498. The van der Waals surface area contributed by atoms with Crippen LogP contribution in [0, 0.1) is 6.92 Å². The zero-order chi connectivity index (χ0) is 11.5. The molecule has 0 aliphatic rings. The molecule has 6 nitrogen and oxygen atoms in total. The van der Waals surface area contributed by atoms with E-state index in [-0.39, 0.29) is 5.95 Å². The fourth-order valence-electron chi connectivity index (χ4n) is 1.18. The van der Waals surface area contributed by atoms with E-state index in [0.717, 1.165) is 5.69 Å². The van der Waals surface area contributed by atoms with Crippen LogP contribution in [0.25, 0.3) is 0 Å². The maximum Gasteiger partial charge on any atom is 0.222 e. The van der Waals surface area contributed by atoms with Crippen molar-refractivity contribution in [2.45, 2.75) is 13.5 Å². The monoisotopic (exact) mass is 239 g/mol. The first-order chi connectivity index (χ1) is 7.65. The third-order valence-electron chi connectivity index (χ3n) is 1.87. The molecule has 16 heavy (non-hydrogen) atoms. The minimum absolute atomic E-state index is 0.167. The Balaban J connectivity index is 2.07. The molecule has 0 atom stereocenters. The number of nitrogens with two attached hydrogens (primary N) is 1. The van der Waals surface area contributed by atoms with Gasteiger partial charge in [-0.25, -0.2) is 4.98 Å². The molecule has 2 heterocycles. The van der Waals surface area contributed by atoms with Crippen LogP contribution in [-0.4, -0.2) is 15.1 Å². The second-order valence-corrected chi connectivity index (χ2v) is 3.62. The second kappa shape index (κ2) is 4.36. The van der Waals surface area contributed by atoms with Gasteiger partial charge in [0.1, 0.15) is 5.02 Å². The first-order valence-corrected chi connectivity index (χ1v) is 4.97. The summed E-state index contributed by atoms with van der Waals surface area (Å²) in [4.78, 5) is 7.71. The van der Waals surface area contributed by atoms with Crippen molar-refractivity contribution < 1.29 is 4.52 Å². The van der Waals surface area contributed by atoms with Crippen molar-refractivity contribution in [2.75, 3.05) is 11.1 Å². The standard InChI is InChI=1S/C9H10ClN5O/c1-5-2-6(16-15-5)3-12-8-7(10)4-13-9(11)14-8/h2,4H,3H2,1H3,(H3,11,12,13,14). The normalized spacial score (nSPS) is 10.4. The van der Waals surface area contributed by atoms with Gasteiger partial charge < -0.3 is 15.6 Å². The van der Waals surface area contributed by atoms with Crippen LogP contribution in [0.15, 0.2) is 16.8 Å². The summed E-state index contributed by atoms with van der Waals surface area (Å²) in [7, 11) is 0. The van der Waals surface area contributed by atoms with E-state index in [4.69, 9.17) is 21.9 Å². The summed E-state index contributed by atoms with van der Waals surface area (Å²) >= 11 is 5.88. The van der Waals surface area contributed by atoms with Gasteiger partial charge in [0.15, 0.2) is 11.6 Å². The van der Waals surface area contributed by atoms with Crippen LogP contribution >= 0.6 is 11.6 Å². The molecule has 0 aliphatic carbocycles. The maximum atomic E-state index is 5.88. The average molecular weight is 240 g/mol. The predicted octanol–water partition coefficient (Wildman–Crippen LogP) is 1.62. The zero-order valence-corrected chi connectivity index (χ0v) is 9.32. The summed E-state index contributed by atoms with van der Waals surface area (Å²) in [6.07, 6.45) is 1.44. The highest BCUT2D eigenvalue weighted by molar-refractivity contribution is 6.32. The first kappa shape index (κ1) is 10.7. The highest BCUT2D eigenvalue weighted by atomic mass is 35.5. The minimum Gasteiger partial charge on any atom is -0.368 e. The molecule has 2 aromatic rings. The molecule has 0 aromatic carbocycles. The van der Waals surface area contributed by atoms with Crippen LogP contribution in [0.1, 0.15) is 11.5 Å². The number of nitrogen functional groups attached to an aromatic ring is 1. The lowest BCUT2D eigenvalue weighted by atomic mass is 10.4. The maximum absolute atomic E-state index is 5.88. The molecule has 0 spiro atoms. The predicted molar refractivity (Wildman–Crippen MR) is 60.0 cm³/mol. The smallest absolute Gasteiger partial charge is 0.222 e. The molecule has 0 aliphatic heterocycles. The zero-order valence-electron chi connectivity index (χ0n) is 8.57. The lowest BCUT2D eigenvalue weighted by Gasteiger charge is -2.04. The second-order valence-electron chi connectivity index (χ2n) is 3.21. The summed E-state index contributed by atoms with van der Waals surface area (Å²) in [5.41, 5.74) is 6.27. The SMILES string of the molecule is Cc1cc(CNc2nc(N)ncc2Cl)on1. The van der Waals surface area contributed by atoms with Gasteiger partial charge in [-0.05, 0) is 6.92 Å². The van der Waals surface area contributed by atoms with E-state index in [1.54, 1.807) is 0 Å². The van der Waals surface area contributed by atoms with E-state index in [1.807, 2.05) is 13.0 Å². The number of anilines is 2. The number of nitrogens with one attached hydrogen (secondary N) is 1. The lowest BCUT2D eigenvalue weighted by Crippen LogP contribution is -2.04. The molecule has 0 unspecified atom stereocenters. The van der Waals surface area contributed by atoms with Crippen LogP contribution in [0.5, 0.6) is 0 Å². The van der Waals surface area contributed by atoms with Crippen LogP contribution in [0.3, 0.4) is 0 Å². The molecule has 3 N–H and O–H groups in total. The number of halogens is 1. The number of nitrogens with zero attached hydrogens (tertiary/aromatic N) is 3. The summed E-state index contributed by atoms with van der Waals surface area (Å²) in [5, 5.41) is 7.16. The van der Waals surface area contributed by atoms with Crippen LogP contribution in [0.4, 0.5) is 11.8 Å². The Morgan fingerprint density at radius 3 is 3.06 bits per heavy atom. The van der Waals surface area contributed by atoms with E-state index >= 15 is 0 Å². The van der Waals surface area contributed by atoms with Crippen molar-refractivity contribution in [3.05, 3.63) is 28.7 Å². The molecule has 7 heteroatoms. The molecule has 2 aromatic heterocycles. The molecule has 0 saturated carbocycles. The molecule has 84 valence electrons. The van der Waals surface area contributed by atoms with E-state index in [1.165, 1.54) is 6.20 Å². The summed E-state index contributed by atoms with van der Waals surface area (Å²) in [6, 6.07) is 1.82. The van der Waals surface area contributed by atoms with Gasteiger partial charge in [0, 0.05) is 6.07 Å². The fraction of sp³-hybridized carbons (Fsp3) is 0.222. The number of hydrogen-bond donors (Lipinski definition) is 2. The van der Waals surface area contributed by atoms with Gasteiger partial charge in [0.25, 0.3) is 0 Å². The van der Waals surface area contributed by atoms with Crippen molar-refractivity contribution in [2.24, 2.45) is 0 Å². The van der Waals surface area contributed by atoms with E-state index in [2.05, 4.69) is 20.4 Å². The van der Waals surface area contributed by atoms with Gasteiger partial charge in [0.05, 0.1) is 18.4 Å². The molecular formula is C9H10ClN5O. The quantitative estimate of drug-likeness (QED) is 0.846. The average Bonchev–Trinajstić information content (AvgIpc) is 2.66. The van der Waals surface area contributed by atoms with Gasteiger partial charge in [-0.3, -0.25) is 0 Å². The molecule has 0 fully saturated rings. The van der Waals surface area contributed by atoms with Crippen molar-refractivity contribution in [3.63, 3.8) is 0 Å². The highest BCUT2D eigenvalue weighted by Crippen LogP contribution is 2.19. The largest absolute Gasteiger partial charge is 0.368 e. The van der Waals surface area contributed by atoms with E-state index < -0.39 is 0 Å². The van der Waals surface area contributed by atoms with Gasteiger partial charge in [-0.15, -0.1) is 0 Å². The fourth-order valence-corrected chi connectivity index (χ4v) is 1.33. The third kappa shape index (κ3) is 2.40. The number of aryl methyl sites for hydroxylation is 1. The Hall–Kier alpha value is -1.82. The summed E-state index contributed by atoms with van der Waals surface area (Å²) in [6.45, 7) is 2.29. The first-order valence-electron chi connectivity index (χ1n) is 4.59. The minimum atomic E-state index is 0.167. The molecule has 2 rings (SSSR count). The summed E-state index contributed by atoms with van der Waals surface area (Å²) < 4.78 is 5.03. The molecule has 0 amide bonds. The van der Waals surface area contributed by atoms with Gasteiger partial charge in [-0.2, -0.15) is 4.98 Å². The van der Waals surface area contributed by atoms with E-state index in [0.29, 0.717) is 23.1 Å². The Morgan fingerprint density at radius 2 is 2.38 bits per heavy atom. The topological polar surface area (TPSA) is 89.9 Å². The van der Waals surface area contributed by atoms with Crippen LogP contribution in [-0.2, 0) is 6.54 Å². The van der Waals surface area contributed by atoms with Gasteiger partial charge in [-0.1, -0.05) is 16.8 Å². The molecule has 0 bridgehead atoms. The summed E-state index contributed by atoms with van der Waals surface area (Å²) in [5.74, 6) is 1.34. The van der Waals surface area contributed by atoms with Crippen LogP contribution in [0.2, 0.25) is 5.02 Å².